The molecule has 0 aliphatic carbocycles. The van der Waals surface area contributed by atoms with Gasteiger partial charge in [0, 0.05) is 3.57 Å². The molecule has 0 aromatic carbocycles. The van der Waals surface area contributed by atoms with Crippen LogP contribution in [0.15, 0.2) is 21.5 Å². The van der Waals surface area contributed by atoms with Crippen molar-refractivity contribution >= 4 is 45.2 Å². The summed E-state index contributed by atoms with van der Waals surface area (Å²) in [7, 11) is 0. The highest BCUT2D eigenvalue weighted by atomic mass is 127. The van der Waals surface area contributed by atoms with Crippen LogP contribution in [-0.2, 0) is 0 Å². The van der Waals surface area contributed by atoms with Crippen LogP contribution >= 0.6 is 45.2 Å². The average Bonchev–Trinajstić information content (AvgIpc) is 1.83. The molecule has 9 heavy (non-hydrogen) atoms. The number of halogens is 2. The molecule has 0 N–H and O–H groups in total. The van der Waals surface area contributed by atoms with E-state index in [0.29, 0.717) is 3.57 Å². The zero-order chi connectivity index (χ0) is 6.85. The zero-order valence-electron chi connectivity index (χ0n) is 4.23. The van der Waals surface area contributed by atoms with Crippen LogP contribution in [-0.4, -0.2) is 0 Å². The topological polar surface area (TPSA) is 30.2 Å². The van der Waals surface area contributed by atoms with Gasteiger partial charge in [0.15, 0.2) is 0 Å². The quantitative estimate of drug-likeness (QED) is 0.670. The first-order chi connectivity index (χ1) is 4.22. The number of hydrogen-bond donors (Lipinski definition) is 0. The van der Waals surface area contributed by atoms with E-state index in [1.807, 2.05) is 22.6 Å². The third kappa shape index (κ3) is 1.66. The molecule has 48 valence electrons. The summed E-state index contributed by atoms with van der Waals surface area (Å²) in [5, 5.41) is 0. The lowest BCUT2D eigenvalue weighted by Gasteiger charge is -1.88. The van der Waals surface area contributed by atoms with Gasteiger partial charge in [0.2, 0.25) is 0 Å². The SMILES string of the molecule is O=c1occc(I)c1I. The molecule has 0 aliphatic rings. The van der Waals surface area contributed by atoms with Crippen molar-refractivity contribution in [2.75, 3.05) is 0 Å². The van der Waals surface area contributed by atoms with E-state index in [9.17, 15) is 4.79 Å². The highest BCUT2D eigenvalue weighted by molar-refractivity contribution is 14.1. The predicted octanol–water partition coefficient (Wildman–Crippen LogP) is 1.85. The standard InChI is InChI=1S/C5H2I2O2/c6-3-1-2-9-5(8)4(3)7/h1-2H. The molecule has 0 saturated heterocycles. The second-order valence-electron chi connectivity index (χ2n) is 1.37. The summed E-state index contributed by atoms with van der Waals surface area (Å²) in [4.78, 5) is 10.7. The summed E-state index contributed by atoms with van der Waals surface area (Å²) in [6.45, 7) is 0. The van der Waals surface area contributed by atoms with E-state index in [1.165, 1.54) is 6.26 Å². The van der Waals surface area contributed by atoms with Crippen molar-refractivity contribution in [3.8, 4) is 0 Å². The van der Waals surface area contributed by atoms with Gasteiger partial charge in [-0.3, -0.25) is 0 Å². The summed E-state index contributed by atoms with van der Waals surface area (Å²) in [6.07, 6.45) is 1.40. The molecule has 1 aromatic rings. The fourth-order valence-electron chi connectivity index (χ4n) is 0.378. The van der Waals surface area contributed by atoms with Crippen molar-refractivity contribution < 1.29 is 4.42 Å². The van der Waals surface area contributed by atoms with Crippen LogP contribution in [0.25, 0.3) is 0 Å². The van der Waals surface area contributed by atoms with Gasteiger partial charge in [0.05, 0.1) is 6.26 Å². The second-order valence-corrected chi connectivity index (χ2v) is 3.61. The van der Waals surface area contributed by atoms with E-state index in [-0.39, 0.29) is 5.63 Å². The van der Waals surface area contributed by atoms with Crippen molar-refractivity contribution in [1.29, 1.82) is 0 Å². The average molecular weight is 348 g/mol. The molecule has 0 atom stereocenters. The van der Waals surface area contributed by atoms with E-state index in [4.69, 9.17) is 0 Å². The van der Waals surface area contributed by atoms with E-state index in [0.717, 1.165) is 3.57 Å². The van der Waals surface area contributed by atoms with Crippen LogP contribution < -0.4 is 5.63 Å². The molecule has 1 heterocycles. The summed E-state index contributed by atoms with van der Waals surface area (Å²) < 4.78 is 6.15. The summed E-state index contributed by atoms with van der Waals surface area (Å²) in [5.41, 5.74) is -0.262. The van der Waals surface area contributed by atoms with E-state index < -0.39 is 0 Å². The molecule has 4 heteroatoms. The molecule has 0 radical (unpaired) electrons. The fraction of sp³-hybridized carbons (Fsp3) is 0. The van der Waals surface area contributed by atoms with Gasteiger partial charge in [0.25, 0.3) is 0 Å². The minimum absolute atomic E-state index is 0.262. The Hall–Kier alpha value is 0.410. The predicted molar refractivity (Wildman–Crippen MR) is 50.4 cm³/mol. The Morgan fingerprint density at radius 2 is 2.11 bits per heavy atom. The summed E-state index contributed by atoms with van der Waals surface area (Å²) in [6, 6.07) is 1.75. The lowest BCUT2D eigenvalue weighted by molar-refractivity contribution is 0.504. The summed E-state index contributed by atoms with van der Waals surface area (Å²) >= 11 is 4.04. The van der Waals surface area contributed by atoms with Crippen LogP contribution in [0.4, 0.5) is 0 Å². The lowest BCUT2D eigenvalue weighted by atomic mass is 10.5. The maximum Gasteiger partial charge on any atom is 0.350 e. The highest BCUT2D eigenvalue weighted by Crippen LogP contribution is 2.08. The van der Waals surface area contributed by atoms with Gasteiger partial charge in [-0.25, -0.2) is 4.79 Å². The van der Waals surface area contributed by atoms with Gasteiger partial charge >= 0.3 is 5.63 Å². The van der Waals surface area contributed by atoms with Crippen molar-refractivity contribution in [2.24, 2.45) is 0 Å². The van der Waals surface area contributed by atoms with Crippen LogP contribution in [0.1, 0.15) is 0 Å². The number of hydrogen-bond acceptors (Lipinski definition) is 2. The Balaban J connectivity index is 3.43. The first-order valence-electron chi connectivity index (χ1n) is 2.14. The van der Waals surface area contributed by atoms with Crippen LogP contribution in [0.3, 0.4) is 0 Å². The van der Waals surface area contributed by atoms with E-state index >= 15 is 0 Å². The lowest BCUT2D eigenvalue weighted by Crippen LogP contribution is -2.03. The molecule has 0 unspecified atom stereocenters. The molecule has 0 aliphatic heterocycles. The smallest absolute Gasteiger partial charge is 0.350 e. The minimum Gasteiger partial charge on any atom is -0.430 e. The fourth-order valence-corrected chi connectivity index (χ4v) is 1.05. The molecular formula is C5H2I2O2. The maximum atomic E-state index is 10.7. The monoisotopic (exact) mass is 348 g/mol. The first-order valence-corrected chi connectivity index (χ1v) is 4.30. The van der Waals surface area contributed by atoms with Crippen molar-refractivity contribution in [2.45, 2.75) is 0 Å². The van der Waals surface area contributed by atoms with Gasteiger partial charge in [-0.1, -0.05) is 0 Å². The Morgan fingerprint density at radius 3 is 2.56 bits per heavy atom. The number of rotatable bonds is 0. The highest BCUT2D eigenvalue weighted by Gasteiger charge is 1.98. The van der Waals surface area contributed by atoms with Crippen LogP contribution in [0.2, 0.25) is 0 Å². The third-order valence-electron chi connectivity index (χ3n) is 0.778. The molecule has 0 spiro atoms. The molecule has 0 saturated carbocycles. The van der Waals surface area contributed by atoms with E-state index in [2.05, 4.69) is 27.0 Å². The molecule has 0 bridgehead atoms. The van der Waals surface area contributed by atoms with Gasteiger partial charge in [-0.05, 0) is 51.2 Å². The minimum atomic E-state index is -0.262. The second kappa shape index (κ2) is 3.00. The van der Waals surface area contributed by atoms with Crippen molar-refractivity contribution in [3.63, 3.8) is 0 Å². The molecule has 1 rings (SSSR count). The molecule has 0 fully saturated rings. The maximum absolute atomic E-state index is 10.7. The normalized spacial score (nSPS) is 9.56. The van der Waals surface area contributed by atoms with Crippen molar-refractivity contribution in [3.05, 3.63) is 29.9 Å². The van der Waals surface area contributed by atoms with Gasteiger partial charge in [-0.15, -0.1) is 0 Å². The molecule has 0 amide bonds. The van der Waals surface area contributed by atoms with Gasteiger partial charge in [-0.2, -0.15) is 0 Å². The van der Waals surface area contributed by atoms with Gasteiger partial charge < -0.3 is 4.42 Å². The van der Waals surface area contributed by atoms with Crippen LogP contribution in [0.5, 0.6) is 0 Å². The molecule has 2 nitrogen and oxygen atoms in total. The molecular weight excluding hydrogens is 346 g/mol. The first kappa shape index (κ1) is 7.52. The Morgan fingerprint density at radius 1 is 1.44 bits per heavy atom. The largest absolute Gasteiger partial charge is 0.430 e. The Kier molecular flexibility index (Phi) is 2.50. The van der Waals surface area contributed by atoms with Gasteiger partial charge in [0.1, 0.15) is 3.57 Å². The van der Waals surface area contributed by atoms with Crippen LogP contribution in [0, 0.1) is 7.14 Å². The molecule has 1 aromatic heterocycles. The van der Waals surface area contributed by atoms with E-state index in [1.54, 1.807) is 6.07 Å². The van der Waals surface area contributed by atoms with Crippen molar-refractivity contribution in [1.82, 2.24) is 0 Å². The Labute approximate surface area is 78.9 Å². The zero-order valence-corrected chi connectivity index (χ0v) is 8.54. The summed E-state index contributed by atoms with van der Waals surface area (Å²) in [5.74, 6) is 0. The third-order valence-corrected chi connectivity index (χ3v) is 3.73. The Bertz CT molecular complexity index is 266.